The second kappa shape index (κ2) is 8.23. The van der Waals surface area contributed by atoms with Crippen molar-refractivity contribution >= 4 is 28.5 Å². The standard InChI is InChI=1S/C19H27N3OS2/c1-7-23-16-14(9-8-10-20-16)17(24)21-18-22(11-13(2)3)12-15(25-18)19(4,5)6/h8-10,12-13H,7,11H2,1-6H3. The Morgan fingerprint density at radius 1 is 1.40 bits per heavy atom. The largest absolute Gasteiger partial charge is 0.477 e. The van der Waals surface area contributed by atoms with Crippen LogP contribution >= 0.6 is 23.6 Å². The van der Waals surface area contributed by atoms with Crippen molar-refractivity contribution in [3.05, 3.63) is 39.8 Å². The second-order valence-electron chi connectivity index (χ2n) is 7.38. The van der Waals surface area contributed by atoms with Crippen molar-refractivity contribution in [3.8, 4) is 5.88 Å². The molecule has 0 aliphatic carbocycles. The van der Waals surface area contributed by atoms with E-state index in [0.29, 0.717) is 23.4 Å². The fourth-order valence-corrected chi connectivity index (χ4v) is 3.65. The maximum Gasteiger partial charge on any atom is 0.223 e. The summed E-state index contributed by atoms with van der Waals surface area (Å²) in [6.07, 6.45) is 3.91. The molecule has 0 saturated carbocycles. The Kier molecular flexibility index (Phi) is 6.52. The van der Waals surface area contributed by atoms with Crippen molar-refractivity contribution < 1.29 is 4.74 Å². The fourth-order valence-electron chi connectivity index (χ4n) is 2.29. The third-order valence-corrected chi connectivity index (χ3v) is 5.26. The highest BCUT2D eigenvalue weighted by molar-refractivity contribution is 7.80. The van der Waals surface area contributed by atoms with Crippen LogP contribution in [0.15, 0.2) is 29.5 Å². The quantitative estimate of drug-likeness (QED) is 0.716. The van der Waals surface area contributed by atoms with E-state index in [-0.39, 0.29) is 5.41 Å². The molecule has 136 valence electrons. The van der Waals surface area contributed by atoms with Gasteiger partial charge in [-0.15, -0.1) is 11.3 Å². The summed E-state index contributed by atoms with van der Waals surface area (Å²) >= 11 is 7.29. The van der Waals surface area contributed by atoms with Gasteiger partial charge in [0.2, 0.25) is 5.88 Å². The molecule has 0 N–H and O–H groups in total. The molecule has 2 aromatic rings. The normalized spacial score (nSPS) is 12.7. The van der Waals surface area contributed by atoms with Crippen molar-refractivity contribution in [1.29, 1.82) is 0 Å². The van der Waals surface area contributed by atoms with Crippen LogP contribution in [0.2, 0.25) is 0 Å². The van der Waals surface area contributed by atoms with E-state index in [1.165, 1.54) is 4.88 Å². The lowest BCUT2D eigenvalue weighted by atomic mass is 9.95. The molecular weight excluding hydrogens is 350 g/mol. The zero-order chi connectivity index (χ0) is 18.6. The number of hydrogen-bond acceptors (Lipinski definition) is 4. The molecule has 6 heteroatoms. The van der Waals surface area contributed by atoms with Gasteiger partial charge in [0.25, 0.3) is 0 Å². The van der Waals surface area contributed by atoms with Gasteiger partial charge >= 0.3 is 0 Å². The zero-order valence-electron chi connectivity index (χ0n) is 15.9. The van der Waals surface area contributed by atoms with Crippen molar-refractivity contribution in [2.75, 3.05) is 6.61 Å². The van der Waals surface area contributed by atoms with Crippen molar-refractivity contribution in [1.82, 2.24) is 9.55 Å². The fraction of sp³-hybridized carbons (Fsp3) is 0.526. The summed E-state index contributed by atoms with van der Waals surface area (Å²) in [6.45, 7) is 14.5. The van der Waals surface area contributed by atoms with Crippen LogP contribution in [0.25, 0.3) is 0 Å². The summed E-state index contributed by atoms with van der Waals surface area (Å²) in [5, 5.41) is 0. The molecule has 0 aliphatic rings. The lowest BCUT2D eigenvalue weighted by Gasteiger charge is -2.14. The molecule has 0 aromatic carbocycles. The number of thiazole rings is 1. The molecule has 2 aromatic heterocycles. The smallest absolute Gasteiger partial charge is 0.223 e. The summed E-state index contributed by atoms with van der Waals surface area (Å²) < 4.78 is 7.80. The van der Waals surface area contributed by atoms with Crippen LogP contribution in [0, 0.1) is 5.92 Å². The van der Waals surface area contributed by atoms with Gasteiger partial charge in [0.1, 0.15) is 4.99 Å². The third-order valence-electron chi connectivity index (χ3n) is 3.50. The molecule has 0 atom stereocenters. The summed E-state index contributed by atoms with van der Waals surface area (Å²) in [5.74, 6) is 1.08. The highest BCUT2D eigenvalue weighted by atomic mass is 32.1. The topological polar surface area (TPSA) is 39.4 Å². The highest BCUT2D eigenvalue weighted by Gasteiger charge is 2.18. The zero-order valence-corrected chi connectivity index (χ0v) is 17.5. The summed E-state index contributed by atoms with van der Waals surface area (Å²) in [4.78, 5) is 11.8. The van der Waals surface area contributed by atoms with E-state index in [0.717, 1.165) is 16.9 Å². The Hall–Kier alpha value is -1.53. The molecule has 25 heavy (non-hydrogen) atoms. The van der Waals surface area contributed by atoms with Gasteiger partial charge in [-0.2, -0.15) is 0 Å². The van der Waals surface area contributed by atoms with Gasteiger partial charge in [-0.25, -0.2) is 9.98 Å². The van der Waals surface area contributed by atoms with Crippen LogP contribution in [0.5, 0.6) is 5.88 Å². The van der Waals surface area contributed by atoms with Crippen LogP contribution in [0.1, 0.15) is 52.0 Å². The van der Waals surface area contributed by atoms with Gasteiger partial charge in [0.15, 0.2) is 4.80 Å². The van der Waals surface area contributed by atoms with E-state index < -0.39 is 0 Å². The van der Waals surface area contributed by atoms with E-state index in [1.54, 1.807) is 17.5 Å². The van der Waals surface area contributed by atoms with Crippen molar-refractivity contribution in [2.24, 2.45) is 10.9 Å². The molecule has 0 bridgehead atoms. The summed E-state index contributed by atoms with van der Waals surface area (Å²) in [7, 11) is 0. The second-order valence-corrected chi connectivity index (χ2v) is 8.78. The molecule has 0 radical (unpaired) electrons. The number of pyridine rings is 1. The highest BCUT2D eigenvalue weighted by Crippen LogP contribution is 2.25. The lowest BCUT2D eigenvalue weighted by molar-refractivity contribution is 0.326. The van der Waals surface area contributed by atoms with Crippen LogP contribution in [-0.4, -0.2) is 21.1 Å². The molecule has 0 amide bonds. The molecule has 2 heterocycles. The molecule has 0 spiro atoms. The van der Waals surface area contributed by atoms with E-state index in [4.69, 9.17) is 21.9 Å². The van der Waals surface area contributed by atoms with Gasteiger partial charge in [-0.1, -0.05) is 46.8 Å². The SMILES string of the molecule is CCOc1ncccc1C(=S)N=c1sc(C(C)(C)C)cn1CC(C)C. The van der Waals surface area contributed by atoms with E-state index >= 15 is 0 Å². The molecule has 0 aliphatic heterocycles. The summed E-state index contributed by atoms with van der Waals surface area (Å²) in [6, 6.07) is 3.77. The lowest BCUT2D eigenvalue weighted by Crippen LogP contribution is -2.19. The Morgan fingerprint density at radius 2 is 2.12 bits per heavy atom. The first-order chi connectivity index (χ1) is 11.7. The average molecular weight is 378 g/mol. The Balaban J connectivity index is 2.49. The van der Waals surface area contributed by atoms with Crippen LogP contribution < -0.4 is 9.54 Å². The number of aromatic nitrogens is 2. The van der Waals surface area contributed by atoms with Gasteiger partial charge in [0, 0.05) is 23.8 Å². The third kappa shape index (κ3) is 5.22. The minimum absolute atomic E-state index is 0.0869. The first kappa shape index (κ1) is 19.8. The summed E-state index contributed by atoms with van der Waals surface area (Å²) in [5.41, 5.74) is 0.852. The first-order valence-electron chi connectivity index (χ1n) is 8.60. The van der Waals surface area contributed by atoms with Gasteiger partial charge in [-0.3, -0.25) is 0 Å². The van der Waals surface area contributed by atoms with Crippen LogP contribution in [0.4, 0.5) is 0 Å². The minimum atomic E-state index is 0.0869. The Morgan fingerprint density at radius 3 is 2.72 bits per heavy atom. The first-order valence-corrected chi connectivity index (χ1v) is 9.82. The molecule has 0 unspecified atom stereocenters. The van der Waals surface area contributed by atoms with E-state index in [2.05, 4.69) is 50.4 Å². The van der Waals surface area contributed by atoms with Gasteiger partial charge < -0.3 is 9.30 Å². The predicted octanol–water partition coefficient (Wildman–Crippen LogP) is 4.57. The molecule has 2 rings (SSSR count). The Bertz CT molecular complexity index is 797. The van der Waals surface area contributed by atoms with Crippen LogP contribution in [0.3, 0.4) is 0 Å². The van der Waals surface area contributed by atoms with Gasteiger partial charge in [-0.05, 0) is 30.4 Å². The van der Waals surface area contributed by atoms with Crippen molar-refractivity contribution in [3.63, 3.8) is 0 Å². The predicted molar refractivity (Wildman–Crippen MR) is 109 cm³/mol. The average Bonchev–Trinajstić information content (AvgIpc) is 2.90. The van der Waals surface area contributed by atoms with Crippen molar-refractivity contribution in [2.45, 2.75) is 53.5 Å². The van der Waals surface area contributed by atoms with E-state index in [9.17, 15) is 0 Å². The number of thiocarbonyl (C=S) groups is 1. The molecule has 0 saturated heterocycles. The number of ether oxygens (including phenoxy) is 1. The molecule has 4 nitrogen and oxygen atoms in total. The monoisotopic (exact) mass is 377 g/mol. The number of rotatable bonds is 5. The molecular formula is C19H27N3OS2. The van der Waals surface area contributed by atoms with Crippen LogP contribution in [-0.2, 0) is 12.0 Å². The maximum atomic E-state index is 5.59. The van der Waals surface area contributed by atoms with Gasteiger partial charge in [0.05, 0.1) is 12.2 Å². The minimum Gasteiger partial charge on any atom is -0.477 e. The van der Waals surface area contributed by atoms with E-state index in [1.807, 2.05) is 19.1 Å². The number of hydrogen-bond donors (Lipinski definition) is 0. The molecule has 0 fully saturated rings. The maximum absolute atomic E-state index is 5.59. The Labute approximate surface area is 159 Å². The number of nitrogens with zero attached hydrogens (tertiary/aromatic N) is 3.